The van der Waals surface area contributed by atoms with Gasteiger partial charge >= 0.3 is 11.9 Å². The predicted molar refractivity (Wildman–Crippen MR) is 141 cm³/mol. The number of para-hydroxylation sites is 3. The van der Waals surface area contributed by atoms with E-state index in [2.05, 4.69) is 21.2 Å². The van der Waals surface area contributed by atoms with Crippen molar-refractivity contribution in [2.45, 2.75) is 12.8 Å². The number of piperazine rings is 1. The molecule has 4 rings (SSSR count). The smallest absolute Gasteiger partial charge is 0.414 e. The van der Waals surface area contributed by atoms with Crippen LogP contribution in [0.4, 0.5) is 5.69 Å². The van der Waals surface area contributed by atoms with E-state index in [4.69, 9.17) is 29.0 Å². The van der Waals surface area contributed by atoms with Crippen LogP contribution < -0.4 is 20.4 Å². The molecule has 38 heavy (non-hydrogen) atoms. The molecule has 0 unspecified atom stereocenters. The highest BCUT2D eigenvalue weighted by Gasteiger charge is 2.19. The van der Waals surface area contributed by atoms with E-state index in [9.17, 15) is 9.59 Å². The minimum atomic E-state index is -1.82. The van der Waals surface area contributed by atoms with Crippen LogP contribution in [-0.4, -0.2) is 79.3 Å². The number of hydrogen-bond donors (Lipinski definition) is 3. The average molecular weight is 526 g/mol. The highest BCUT2D eigenvalue weighted by molar-refractivity contribution is 6.27. The number of fused-ring (bicyclic) bond motifs is 1. The van der Waals surface area contributed by atoms with Gasteiger partial charge in [-0.05, 0) is 43.7 Å². The van der Waals surface area contributed by atoms with Crippen LogP contribution in [0.1, 0.15) is 23.2 Å². The van der Waals surface area contributed by atoms with Gasteiger partial charge in [-0.25, -0.2) is 9.59 Å². The molecule has 0 radical (unpaired) electrons. The summed E-state index contributed by atoms with van der Waals surface area (Å²) in [6.07, 6.45) is 3.10. The summed E-state index contributed by atoms with van der Waals surface area (Å²) >= 11 is 0. The van der Waals surface area contributed by atoms with E-state index in [0.717, 1.165) is 57.0 Å². The first-order chi connectivity index (χ1) is 18.3. The number of methoxy groups -OCH3 is 1. The van der Waals surface area contributed by atoms with Gasteiger partial charge in [0.15, 0.2) is 0 Å². The molecule has 1 amide bonds. The quantitative estimate of drug-likeness (QED) is 0.295. The number of carboxylic acid groups (broad SMARTS) is 2. The van der Waals surface area contributed by atoms with Crippen LogP contribution in [0.15, 0.2) is 64.0 Å². The predicted octanol–water partition coefficient (Wildman–Crippen LogP) is 2.29. The number of aliphatic carboxylic acids is 2. The van der Waals surface area contributed by atoms with Crippen molar-refractivity contribution in [1.82, 2.24) is 10.2 Å². The summed E-state index contributed by atoms with van der Waals surface area (Å²) in [6.45, 7) is 5.47. The SMILES string of the molecule is COc1ccccc1N1CCN(CCCCNC(=O)c2coc3ccccc3c2=O)CC1.O=C(O)C(=O)O. The molecule has 0 atom stereocenters. The molecular formula is C27H31N3O8. The van der Waals surface area contributed by atoms with Crippen LogP contribution in [0.3, 0.4) is 0 Å². The summed E-state index contributed by atoms with van der Waals surface area (Å²) in [5, 5.41) is 18.0. The van der Waals surface area contributed by atoms with Crippen molar-refractivity contribution in [3.05, 3.63) is 70.6 Å². The second kappa shape index (κ2) is 13.8. The monoisotopic (exact) mass is 525 g/mol. The van der Waals surface area contributed by atoms with Gasteiger partial charge in [-0.1, -0.05) is 24.3 Å². The van der Waals surface area contributed by atoms with Gasteiger partial charge in [-0.3, -0.25) is 14.5 Å². The van der Waals surface area contributed by atoms with Gasteiger partial charge in [0, 0.05) is 32.7 Å². The number of rotatable bonds is 8. The molecule has 0 bridgehead atoms. The van der Waals surface area contributed by atoms with Crippen molar-refractivity contribution in [1.29, 1.82) is 0 Å². The molecule has 1 aliphatic heterocycles. The fraction of sp³-hybridized carbons (Fsp3) is 0.333. The van der Waals surface area contributed by atoms with Crippen LogP contribution >= 0.6 is 0 Å². The summed E-state index contributed by atoms with van der Waals surface area (Å²) in [4.78, 5) is 47.9. The summed E-state index contributed by atoms with van der Waals surface area (Å²) in [5.41, 5.74) is 1.39. The minimum Gasteiger partial charge on any atom is -0.495 e. The second-order valence-electron chi connectivity index (χ2n) is 8.55. The molecule has 3 aromatic rings. The minimum absolute atomic E-state index is 0.0520. The van der Waals surface area contributed by atoms with Crippen LogP contribution in [0.2, 0.25) is 0 Å². The van der Waals surface area contributed by atoms with Crippen molar-refractivity contribution in [2.24, 2.45) is 0 Å². The Balaban J connectivity index is 0.000000599. The molecule has 0 spiro atoms. The lowest BCUT2D eigenvalue weighted by atomic mass is 10.1. The van der Waals surface area contributed by atoms with Gasteiger partial charge in [-0.15, -0.1) is 0 Å². The Bertz CT molecular complexity index is 1300. The van der Waals surface area contributed by atoms with Crippen LogP contribution in [0.5, 0.6) is 5.75 Å². The highest BCUT2D eigenvalue weighted by Crippen LogP contribution is 2.28. The van der Waals surface area contributed by atoms with E-state index in [1.807, 2.05) is 18.2 Å². The zero-order valence-electron chi connectivity index (χ0n) is 21.1. The molecule has 2 aromatic carbocycles. The van der Waals surface area contributed by atoms with E-state index < -0.39 is 11.9 Å². The first kappa shape index (κ1) is 28.2. The Morgan fingerprint density at radius 3 is 2.29 bits per heavy atom. The maximum atomic E-state index is 12.5. The molecule has 1 aliphatic rings. The van der Waals surface area contributed by atoms with Gasteiger partial charge < -0.3 is 29.6 Å². The third-order valence-corrected chi connectivity index (χ3v) is 6.09. The Labute approximate surface area is 219 Å². The van der Waals surface area contributed by atoms with Gasteiger partial charge in [-0.2, -0.15) is 0 Å². The molecule has 0 saturated carbocycles. The molecule has 11 heteroatoms. The number of nitrogens with one attached hydrogen (secondary N) is 1. The Morgan fingerprint density at radius 2 is 1.61 bits per heavy atom. The number of carbonyl (C=O) groups is 3. The van der Waals surface area contributed by atoms with E-state index in [-0.39, 0.29) is 16.9 Å². The van der Waals surface area contributed by atoms with Crippen molar-refractivity contribution in [3.8, 4) is 5.75 Å². The van der Waals surface area contributed by atoms with E-state index in [1.54, 1.807) is 31.4 Å². The van der Waals surface area contributed by atoms with Gasteiger partial charge in [0.2, 0.25) is 5.43 Å². The Kier molecular flexibility index (Phi) is 10.2. The number of unbranched alkanes of at least 4 members (excludes halogenated alkanes) is 1. The molecule has 1 fully saturated rings. The van der Waals surface area contributed by atoms with Gasteiger partial charge in [0.1, 0.15) is 23.2 Å². The molecular weight excluding hydrogens is 494 g/mol. The maximum Gasteiger partial charge on any atom is 0.414 e. The number of anilines is 1. The third kappa shape index (κ3) is 7.56. The zero-order valence-corrected chi connectivity index (χ0v) is 21.1. The molecule has 1 aromatic heterocycles. The lowest BCUT2D eigenvalue weighted by Gasteiger charge is -2.36. The average Bonchev–Trinajstić information content (AvgIpc) is 2.93. The molecule has 0 aliphatic carbocycles. The number of amides is 1. The fourth-order valence-corrected chi connectivity index (χ4v) is 4.10. The first-order valence-electron chi connectivity index (χ1n) is 12.2. The molecule has 3 N–H and O–H groups in total. The number of carboxylic acids is 2. The normalized spacial score (nSPS) is 13.3. The maximum absolute atomic E-state index is 12.5. The van der Waals surface area contributed by atoms with Crippen LogP contribution in [0.25, 0.3) is 11.0 Å². The van der Waals surface area contributed by atoms with Crippen molar-refractivity contribution < 1.29 is 33.8 Å². The van der Waals surface area contributed by atoms with Gasteiger partial charge in [0.05, 0.1) is 18.2 Å². The van der Waals surface area contributed by atoms with Gasteiger partial charge in [0.25, 0.3) is 5.91 Å². The number of ether oxygens (including phenoxy) is 1. The summed E-state index contributed by atoms with van der Waals surface area (Å²) in [6, 6.07) is 15.1. The van der Waals surface area contributed by atoms with Crippen LogP contribution in [-0.2, 0) is 9.59 Å². The molecule has 1 saturated heterocycles. The van der Waals surface area contributed by atoms with Crippen LogP contribution in [0, 0.1) is 0 Å². The van der Waals surface area contributed by atoms with E-state index in [0.29, 0.717) is 17.5 Å². The Hall–Kier alpha value is -4.38. The van der Waals surface area contributed by atoms with Crippen molar-refractivity contribution in [3.63, 3.8) is 0 Å². The fourth-order valence-electron chi connectivity index (χ4n) is 4.10. The second-order valence-corrected chi connectivity index (χ2v) is 8.55. The lowest BCUT2D eigenvalue weighted by Crippen LogP contribution is -2.46. The summed E-state index contributed by atoms with van der Waals surface area (Å²) < 4.78 is 10.9. The van der Waals surface area contributed by atoms with Crippen molar-refractivity contribution in [2.75, 3.05) is 51.3 Å². The van der Waals surface area contributed by atoms with E-state index >= 15 is 0 Å². The number of nitrogens with zero attached hydrogens (tertiary/aromatic N) is 2. The van der Waals surface area contributed by atoms with Crippen molar-refractivity contribution >= 4 is 34.5 Å². The lowest BCUT2D eigenvalue weighted by molar-refractivity contribution is -0.159. The summed E-state index contributed by atoms with van der Waals surface area (Å²) in [5.74, 6) is -3.11. The standard InChI is InChI=1S/C25H29N3O4.C2H2O4/c1-31-23-11-5-3-9-21(23)28-16-14-27(15-17-28)13-7-6-12-26-25(30)20-18-32-22-10-4-2-8-19(22)24(20)29;3-1(4)2(5)6/h2-5,8-11,18H,6-7,12-17H2,1H3,(H,26,30);(H,3,4)(H,5,6). The highest BCUT2D eigenvalue weighted by atomic mass is 16.5. The topological polar surface area (TPSA) is 150 Å². The Morgan fingerprint density at radius 1 is 0.947 bits per heavy atom. The largest absolute Gasteiger partial charge is 0.495 e. The first-order valence-corrected chi connectivity index (χ1v) is 12.2. The number of carbonyl (C=O) groups excluding carboxylic acids is 1. The molecule has 2 heterocycles. The molecule has 202 valence electrons. The zero-order chi connectivity index (χ0) is 27.5. The number of hydrogen-bond acceptors (Lipinski definition) is 8. The number of benzene rings is 2. The van der Waals surface area contributed by atoms with E-state index in [1.165, 1.54) is 6.26 Å². The summed E-state index contributed by atoms with van der Waals surface area (Å²) in [7, 11) is 1.71. The third-order valence-electron chi connectivity index (χ3n) is 6.09. The molecule has 11 nitrogen and oxygen atoms in total.